The molecule has 1 atom stereocenters. The summed E-state index contributed by atoms with van der Waals surface area (Å²) in [6.07, 6.45) is 0. The lowest BCUT2D eigenvalue weighted by atomic mass is 9.79. The minimum atomic E-state index is -0.260. The van der Waals surface area contributed by atoms with Gasteiger partial charge in [0.15, 0.2) is 0 Å². The lowest BCUT2D eigenvalue weighted by molar-refractivity contribution is 0.0504. The Morgan fingerprint density at radius 2 is 2.19 bits per heavy atom. The quantitative estimate of drug-likeness (QED) is 0.724. The van der Waals surface area contributed by atoms with Gasteiger partial charge in [-0.25, -0.2) is 0 Å². The zero-order valence-corrected chi connectivity index (χ0v) is 10.2. The van der Waals surface area contributed by atoms with Crippen LogP contribution in [0.25, 0.3) is 0 Å². The van der Waals surface area contributed by atoms with Gasteiger partial charge in [0.25, 0.3) is 0 Å². The summed E-state index contributed by atoms with van der Waals surface area (Å²) in [4.78, 5) is 0. The first-order valence-corrected chi connectivity index (χ1v) is 5.88. The molecule has 86 valence electrons. The molecule has 4 heteroatoms. The molecule has 0 aliphatic carbocycles. The van der Waals surface area contributed by atoms with E-state index in [1.807, 2.05) is 18.2 Å². The fourth-order valence-corrected chi connectivity index (χ4v) is 2.93. The Morgan fingerprint density at radius 3 is 2.88 bits per heavy atom. The molecule has 0 amide bonds. The molecule has 1 unspecified atom stereocenters. The van der Waals surface area contributed by atoms with E-state index in [2.05, 4.69) is 24.5 Å². The summed E-state index contributed by atoms with van der Waals surface area (Å²) in [6.45, 7) is 5.90. The minimum absolute atomic E-state index is 0.159. The van der Waals surface area contributed by atoms with E-state index in [1.54, 1.807) is 0 Å². The van der Waals surface area contributed by atoms with Gasteiger partial charge >= 0.3 is 0 Å². The van der Waals surface area contributed by atoms with Gasteiger partial charge in [-0.1, -0.05) is 11.6 Å². The molecule has 0 radical (unpaired) electrons. The molecule has 3 nitrogen and oxygen atoms in total. The molecule has 0 saturated carbocycles. The van der Waals surface area contributed by atoms with Crippen molar-refractivity contribution in [3.05, 3.63) is 28.8 Å². The van der Waals surface area contributed by atoms with E-state index >= 15 is 0 Å². The van der Waals surface area contributed by atoms with Crippen molar-refractivity contribution in [2.75, 3.05) is 13.2 Å². The highest BCUT2D eigenvalue weighted by molar-refractivity contribution is 6.30. The molecule has 1 aromatic carbocycles. The normalized spacial score (nSPS) is 30.4. The third-order valence-corrected chi connectivity index (χ3v) is 3.93. The van der Waals surface area contributed by atoms with E-state index in [4.69, 9.17) is 16.3 Å². The monoisotopic (exact) mass is 238 g/mol. The van der Waals surface area contributed by atoms with Gasteiger partial charge in [0, 0.05) is 23.8 Å². The van der Waals surface area contributed by atoms with Crippen LogP contribution in [0.4, 0.5) is 0 Å². The largest absolute Gasteiger partial charge is 0.485 e. The highest BCUT2D eigenvalue weighted by Crippen LogP contribution is 2.48. The predicted octanol–water partition coefficient (Wildman–Crippen LogP) is 1.86. The smallest absolute Gasteiger partial charge is 0.127 e. The fourth-order valence-electron chi connectivity index (χ4n) is 2.75. The molecule has 1 saturated heterocycles. The molecule has 2 aliphatic heterocycles. The average molecular weight is 239 g/mol. The third-order valence-electron chi connectivity index (χ3n) is 3.70. The van der Waals surface area contributed by atoms with E-state index in [0.29, 0.717) is 0 Å². The van der Waals surface area contributed by atoms with Crippen molar-refractivity contribution in [1.29, 1.82) is 0 Å². The Kier molecular flexibility index (Phi) is 2.03. The number of hydrogen-bond donors (Lipinski definition) is 2. The second kappa shape index (κ2) is 3.13. The fraction of sp³-hybridized carbons (Fsp3) is 0.500. The molecule has 1 aromatic rings. The second-order valence-corrected chi connectivity index (χ2v) is 5.37. The summed E-state index contributed by atoms with van der Waals surface area (Å²) < 4.78 is 6.03. The van der Waals surface area contributed by atoms with E-state index in [1.165, 1.54) is 0 Å². The van der Waals surface area contributed by atoms with Crippen molar-refractivity contribution in [1.82, 2.24) is 10.6 Å². The van der Waals surface area contributed by atoms with Gasteiger partial charge in [-0.3, -0.25) is 5.32 Å². The van der Waals surface area contributed by atoms with Crippen LogP contribution in [-0.2, 0) is 5.54 Å². The Balaban J connectivity index is 2.20. The van der Waals surface area contributed by atoms with Crippen LogP contribution in [0.15, 0.2) is 18.2 Å². The lowest BCUT2D eigenvalue weighted by Gasteiger charge is -2.36. The summed E-state index contributed by atoms with van der Waals surface area (Å²) >= 11 is 6.07. The van der Waals surface area contributed by atoms with Crippen molar-refractivity contribution in [3.63, 3.8) is 0 Å². The SMILES string of the molecule is CC1(C)Oc2ccc(Cl)cc2C12CNCN2. The molecular weight excluding hydrogens is 224 g/mol. The van der Waals surface area contributed by atoms with Gasteiger partial charge in [-0.05, 0) is 32.0 Å². The lowest BCUT2D eigenvalue weighted by Crippen LogP contribution is -2.55. The van der Waals surface area contributed by atoms with Crippen LogP contribution in [-0.4, -0.2) is 18.8 Å². The number of ether oxygens (including phenoxy) is 1. The maximum Gasteiger partial charge on any atom is 0.127 e. The minimum Gasteiger partial charge on any atom is -0.485 e. The van der Waals surface area contributed by atoms with E-state index in [9.17, 15) is 0 Å². The molecule has 3 rings (SSSR count). The van der Waals surface area contributed by atoms with Gasteiger partial charge in [0.2, 0.25) is 0 Å². The molecular formula is C12H15ClN2O. The highest BCUT2D eigenvalue weighted by atomic mass is 35.5. The van der Waals surface area contributed by atoms with Crippen molar-refractivity contribution in [3.8, 4) is 5.75 Å². The Morgan fingerprint density at radius 1 is 1.38 bits per heavy atom. The topological polar surface area (TPSA) is 33.3 Å². The van der Waals surface area contributed by atoms with Crippen LogP contribution in [0.2, 0.25) is 5.02 Å². The van der Waals surface area contributed by atoms with Crippen molar-refractivity contribution in [2.45, 2.75) is 25.0 Å². The van der Waals surface area contributed by atoms with Crippen molar-refractivity contribution < 1.29 is 4.74 Å². The van der Waals surface area contributed by atoms with E-state index in [0.717, 1.165) is 29.5 Å². The number of benzene rings is 1. The van der Waals surface area contributed by atoms with Crippen LogP contribution in [0, 0.1) is 0 Å². The molecule has 0 aromatic heterocycles. The zero-order chi connectivity index (χ0) is 11.4. The Hall–Kier alpha value is -0.770. The first-order chi connectivity index (χ1) is 7.55. The standard InChI is InChI=1S/C12H15ClN2O/c1-11(2)12(6-14-7-15-12)9-5-8(13)3-4-10(9)16-11/h3-5,14-15H,6-7H2,1-2H3. The van der Waals surface area contributed by atoms with Gasteiger partial charge in [-0.15, -0.1) is 0 Å². The first kappa shape index (κ1) is 10.4. The zero-order valence-electron chi connectivity index (χ0n) is 9.43. The van der Waals surface area contributed by atoms with Crippen LogP contribution in [0.1, 0.15) is 19.4 Å². The van der Waals surface area contributed by atoms with E-state index < -0.39 is 0 Å². The molecule has 16 heavy (non-hydrogen) atoms. The Bertz CT molecular complexity index is 439. The first-order valence-electron chi connectivity index (χ1n) is 5.50. The van der Waals surface area contributed by atoms with Gasteiger partial charge in [0.05, 0.1) is 0 Å². The van der Waals surface area contributed by atoms with Crippen molar-refractivity contribution >= 4 is 11.6 Å². The molecule has 1 fully saturated rings. The maximum atomic E-state index is 6.07. The summed E-state index contributed by atoms with van der Waals surface area (Å²) in [6, 6.07) is 5.83. The maximum absolute atomic E-state index is 6.07. The number of fused-ring (bicyclic) bond motifs is 2. The number of halogens is 1. The molecule has 2 heterocycles. The number of hydrogen-bond acceptors (Lipinski definition) is 3. The van der Waals surface area contributed by atoms with E-state index in [-0.39, 0.29) is 11.1 Å². The summed E-state index contributed by atoms with van der Waals surface area (Å²) in [5.41, 5.74) is 0.742. The third kappa shape index (κ3) is 1.16. The second-order valence-electron chi connectivity index (χ2n) is 4.94. The number of rotatable bonds is 0. The summed E-state index contributed by atoms with van der Waals surface area (Å²) in [7, 11) is 0. The van der Waals surface area contributed by atoms with Gasteiger partial charge in [0.1, 0.15) is 16.9 Å². The van der Waals surface area contributed by atoms with Crippen molar-refractivity contribution in [2.24, 2.45) is 0 Å². The van der Waals surface area contributed by atoms with Crippen LogP contribution < -0.4 is 15.4 Å². The highest BCUT2D eigenvalue weighted by Gasteiger charge is 2.56. The van der Waals surface area contributed by atoms with Gasteiger partial charge in [-0.2, -0.15) is 0 Å². The molecule has 2 N–H and O–H groups in total. The van der Waals surface area contributed by atoms with Crippen LogP contribution in [0.5, 0.6) is 5.75 Å². The van der Waals surface area contributed by atoms with Gasteiger partial charge < -0.3 is 10.1 Å². The summed E-state index contributed by atoms with van der Waals surface area (Å²) in [5, 5.41) is 7.61. The number of nitrogens with one attached hydrogen (secondary N) is 2. The molecule has 0 bridgehead atoms. The Labute approximate surface area is 100 Å². The van der Waals surface area contributed by atoms with Crippen LogP contribution in [0.3, 0.4) is 0 Å². The average Bonchev–Trinajstić information content (AvgIpc) is 2.77. The molecule has 2 aliphatic rings. The van der Waals surface area contributed by atoms with Crippen LogP contribution >= 0.6 is 11.6 Å². The predicted molar refractivity (Wildman–Crippen MR) is 63.8 cm³/mol. The summed E-state index contributed by atoms with van der Waals surface area (Å²) in [5.74, 6) is 0.936. The molecule has 1 spiro atoms.